The highest BCUT2D eigenvalue weighted by Gasteiger charge is 2.38. The number of fused-ring (bicyclic) bond motifs is 2. The average molecular weight is 829 g/mol. The Hall–Kier alpha value is -3.94. The lowest BCUT2D eigenvalue weighted by molar-refractivity contribution is 0.277. The first-order valence-corrected chi connectivity index (χ1v) is 23.2. The number of rotatable bonds is 8. The van der Waals surface area contributed by atoms with Crippen molar-refractivity contribution in [2.45, 2.75) is 114 Å². The van der Waals surface area contributed by atoms with E-state index < -0.39 is 25.2 Å². The Morgan fingerprint density at radius 3 is 1.68 bits per heavy atom. The molecule has 0 spiro atoms. The van der Waals surface area contributed by atoms with Gasteiger partial charge in [0.05, 0.1) is 28.4 Å². The van der Waals surface area contributed by atoms with Gasteiger partial charge < -0.3 is 30.3 Å². The molecule has 0 fully saturated rings. The number of methoxy groups -OCH3 is 2. The molecule has 0 bridgehead atoms. The Bertz CT molecular complexity index is 1790. The highest BCUT2D eigenvalue weighted by atomic mass is 32.2. The van der Waals surface area contributed by atoms with Gasteiger partial charge in [-0.05, 0) is 54.7 Å². The van der Waals surface area contributed by atoms with E-state index in [-0.39, 0.29) is 33.9 Å². The summed E-state index contributed by atoms with van der Waals surface area (Å²) in [7, 11) is -2.00. The predicted octanol–water partition coefficient (Wildman–Crippen LogP) is 9.11. The van der Waals surface area contributed by atoms with Gasteiger partial charge in [0.25, 0.3) is 0 Å². The molecular formula is C45H68N2O8S2. The van der Waals surface area contributed by atoms with Crippen molar-refractivity contribution in [3.63, 3.8) is 0 Å². The summed E-state index contributed by atoms with van der Waals surface area (Å²) in [4.78, 5) is 0.567. The van der Waals surface area contributed by atoms with Crippen LogP contribution in [0.25, 0.3) is 0 Å². The summed E-state index contributed by atoms with van der Waals surface area (Å²) >= 11 is 0. The minimum absolute atomic E-state index is 0.00416. The summed E-state index contributed by atoms with van der Waals surface area (Å²) in [5, 5.41) is 26.1. The Labute approximate surface area is 343 Å². The lowest BCUT2D eigenvalue weighted by Gasteiger charge is -2.32. The number of sulfone groups is 2. The van der Waals surface area contributed by atoms with Crippen LogP contribution in [0.1, 0.15) is 90.7 Å². The molecule has 4 aromatic carbocycles. The van der Waals surface area contributed by atoms with Gasteiger partial charge in [-0.25, -0.2) is 16.8 Å². The minimum atomic E-state index is -3.45. The maximum absolute atomic E-state index is 12.8. The molecule has 4 aromatic rings. The van der Waals surface area contributed by atoms with Gasteiger partial charge in [0.15, 0.2) is 31.2 Å². The van der Waals surface area contributed by atoms with E-state index >= 15 is 0 Å². The van der Waals surface area contributed by atoms with Crippen LogP contribution in [0.5, 0.6) is 17.2 Å². The van der Waals surface area contributed by atoms with Crippen LogP contribution in [-0.2, 0) is 37.5 Å². The SMILES string of the molecule is CC.CCCC[C@@H]1CS(=O)(=O)c2ccc(O)cc2CN1.CCCC[C@]1(CC)CS(=O)(=O)c2cc(O)c(OC)cc2CN1.COC.c1ccccc1.c1ccccc1. The van der Waals surface area contributed by atoms with Crippen LogP contribution in [0.15, 0.2) is 113 Å². The number of phenolic OH excluding ortho intramolecular Hbond substituents is 2. The monoisotopic (exact) mass is 828 g/mol. The topological polar surface area (TPSA) is 151 Å². The summed E-state index contributed by atoms with van der Waals surface area (Å²) in [5.41, 5.74) is 0.909. The van der Waals surface area contributed by atoms with Crippen LogP contribution in [-0.4, -0.2) is 71.5 Å². The zero-order valence-corrected chi connectivity index (χ0v) is 37.0. The molecule has 0 aliphatic carbocycles. The summed E-state index contributed by atoms with van der Waals surface area (Å²) in [6, 6.07) is 31.4. The molecule has 2 atom stereocenters. The molecule has 0 unspecified atom stereocenters. The summed E-state index contributed by atoms with van der Waals surface area (Å²) in [5.74, 6) is 0.480. The number of hydrogen-bond donors (Lipinski definition) is 4. The molecule has 318 valence electrons. The fourth-order valence-electron chi connectivity index (χ4n) is 6.12. The second kappa shape index (κ2) is 27.7. The fraction of sp³-hybridized carbons (Fsp3) is 0.467. The van der Waals surface area contributed by atoms with E-state index in [0.29, 0.717) is 34.9 Å². The van der Waals surface area contributed by atoms with E-state index in [1.807, 2.05) is 93.6 Å². The molecule has 0 amide bonds. The second-order valence-corrected chi connectivity index (χ2v) is 17.5. The van der Waals surface area contributed by atoms with Crippen LogP contribution in [0.4, 0.5) is 0 Å². The normalized spacial score (nSPS) is 18.2. The molecule has 2 aliphatic rings. The van der Waals surface area contributed by atoms with E-state index in [0.717, 1.165) is 44.9 Å². The molecule has 4 N–H and O–H groups in total. The number of unbranched alkanes of at least 4 members (excludes halogenated alkanes) is 2. The molecule has 57 heavy (non-hydrogen) atoms. The summed E-state index contributed by atoms with van der Waals surface area (Å²) in [6.45, 7) is 11.2. The largest absolute Gasteiger partial charge is 0.508 e. The van der Waals surface area contributed by atoms with E-state index in [9.17, 15) is 27.0 Å². The van der Waals surface area contributed by atoms with E-state index in [1.54, 1.807) is 20.3 Å². The third-order valence-corrected chi connectivity index (χ3v) is 13.0. The van der Waals surface area contributed by atoms with E-state index in [4.69, 9.17) is 4.74 Å². The number of phenols is 2. The van der Waals surface area contributed by atoms with Crippen LogP contribution in [0.3, 0.4) is 0 Å². The molecule has 2 heterocycles. The third-order valence-electron chi connectivity index (χ3n) is 9.12. The Morgan fingerprint density at radius 2 is 1.21 bits per heavy atom. The fourth-order valence-corrected chi connectivity index (χ4v) is 10.1. The number of benzene rings is 4. The molecular weight excluding hydrogens is 761 g/mol. The number of hydrogen-bond acceptors (Lipinski definition) is 10. The highest BCUT2D eigenvalue weighted by Crippen LogP contribution is 2.36. The molecule has 0 saturated heterocycles. The lowest BCUT2D eigenvalue weighted by Crippen LogP contribution is -2.48. The van der Waals surface area contributed by atoms with Gasteiger partial charge in [-0.3, -0.25) is 0 Å². The Balaban J connectivity index is 0.000000409. The first-order chi connectivity index (χ1) is 27.3. The quantitative estimate of drug-likeness (QED) is 0.135. The maximum atomic E-state index is 12.8. The summed E-state index contributed by atoms with van der Waals surface area (Å²) in [6.07, 6.45) is 6.56. The van der Waals surface area contributed by atoms with Crippen molar-refractivity contribution in [2.24, 2.45) is 0 Å². The van der Waals surface area contributed by atoms with Crippen molar-refractivity contribution < 1.29 is 36.5 Å². The molecule has 10 nitrogen and oxygen atoms in total. The zero-order chi connectivity index (χ0) is 42.7. The van der Waals surface area contributed by atoms with Crippen molar-refractivity contribution in [1.82, 2.24) is 10.6 Å². The number of nitrogens with one attached hydrogen (secondary N) is 2. The number of aromatic hydroxyl groups is 2. The Morgan fingerprint density at radius 1 is 0.702 bits per heavy atom. The number of ether oxygens (including phenoxy) is 2. The zero-order valence-electron chi connectivity index (χ0n) is 35.3. The maximum Gasteiger partial charge on any atom is 0.180 e. The van der Waals surface area contributed by atoms with Gasteiger partial charge in [0.1, 0.15) is 5.75 Å². The van der Waals surface area contributed by atoms with Gasteiger partial charge in [-0.2, -0.15) is 0 Å². The first-order valence-electron chi connectivity index (χ1n) is 19.9. The van der Waals surface area contributed by atoms with Gasteiger partial charge in [0, 0.05) is 45.0 Å². The van der Waals surface area contributed by atoms with Crippen LogP contribution in [0, 0.1) is 0 Å². The predicted molar refractivity (Wildman–Crippen MR) is 234 cm³/mol. The second-order valence-electron chi connectivity index (χ2n) is 13.5. The smallest absolute Gasteiger partial charge is 0.180 e. The van der Waals surface area contributed by atoms with Crippen molar-refractivity contribution in [1.29, 1.82) is 0 Å². The van der Waals surface area contributed by atoms with Crippen LogP contribution >= 0.6 is 0 Å². The first kappa shape index (κ1) is 51.1. The molecule has 0 radical (unpaired) electrons. The van der Waals surface area contributed by atoms with Crippen molar-refractivity contribution in [3.8, 4) is 17.2 Å². The van der Waals surface area contributed by atoms with Gasteiger partial charge in [-0.15, -0.1) is 0 Å². The lowest BCUT2D eigenvalue weighted by atomic mass is 9.91. The van der Waals surface area contributed by atoms with E-state index in [1.165, 1.54) is 31.4 Å². The Kier molecular flexibility index (Phi) is 24.8. The van der Waals surface area contributed by atoms with Crippen molar-refractivity contribution in [2.75, 3.05) is 32.8 Å². The van der Waals surface area contributed by atoms with E-state index in [2.05, 4.69) is 29.2 Å². The van der Waals surface area contributed by atoms with Crippen molar-refractivity contribution in [3.05, 3.63) is 114 Å². The standard InChI is InChI=1S/C16H25NO4S.C13H19NO3S.2C6H6.C2H6O.C2H6/c1-4-6-7-16(5-2)11-22(19,20)15-9-13(18)14(21-3)8-12(15)10-17-16;1-2-3-4-11-9-18(16,17)13-6-5-12(15)7-10(13)8-14-11;2*1-2-4-6-5-3-1;1-3-2;1-2/h8-9,17-18H,4-7,10-11H2,1-3H3;5-7,11,14-15H,2-4,8-9H2,1H3;2*1-6H;1-2H3;1-2H3/t16-;11-;;;;/m11..../s1. The molecule has 12 heteroatoms. The van der Waals surface area contributed by atoms with Gasteiger partial charge in [-0.1, -0.05) is 133 Å². The molecule has 6 rings (SSSR count). The highest BCUT2D eigenvalue weighted by molar-refractivity contribution is 7.91. The molecule has 2 aliphatic heterocycles. The molecule has 0 saturated carbocycles. The van der Waals surface area contributed by atoms with Crippen LogP contribution in [0.2, 0.25) is 0 Å². The van der Waals surface area contributed by atoms with Crippen LogP contribution < -0.4 is 15.4 Å². The van der Waals surface area contributed by atoms with Gasteiger partial charge >= 0.3 is 0 Å². The van der Waals surface area contributed by atoms with Crippen molar-refractivity contribution >= 4 is 19.7 Å². The van der Waals surface area contributed by atoms with Gasteiger partial charge in [0.2, 0.25) is 0 Å². The third kappa shape index (κ3) is 18.0. The molecule has 0 aromatic heterocycles. The summed E-state index contributed by atoms with van der Waals surface area (Å²) < 4.78 is 59.4. The average Bonchev–Trinajstić information content (AvgIpc) is 3.42. The minimum Gasteiger partial charge on any atom is -0.508 e.